The smallest absolute Gasteiger partial charge is 0.309 e. The summed E-state index contributed by atoms with van der Waals surface area (Å²) in [5.41, 5.74) is 0.712. The lowest BCUT2D eigenvalue weighted by Gasteiger charge is -2.14. The molecule has 21 heavy (non-hydrogen) atoms. The van der Waals surface area contributed by atoms with Crippen LogP contribution in [0.2, 0.25) is 0 Å². The Labute approximate surface area is 122 Å². The van der Waals surface area contributed by atoms with Crippen LogP contribution in [0.25, 0.3) is 0 Å². The summed E-state index contributed by atoms with van der Waals surface area (Å²) in [7, 11) is 0. The maximum absolute atomic E-state index is 12.7. The molecule has 1 aliphatic carbocycles. The molecule has 2 amide bonds. The number of aliphatic hydroxyl groups excluding tert-OH is 1. The van der Waals surface area contributed by atoms with Crippen molar-refractivity contribution in [3.05, 3.63) is 35.6 Å². The third kappa shape index (κ3) is 4.53. The van der Waals surface area contributed by atoms with E-state index in [-0.39, 0.29) is 18.3 Å². The van der Waals surface area contributed by atoms with Gasteiger partial charge in [0.05, 0.1) is 6.10 Å². The summed E-state index contributed by atoms with van der Waals surface area (Å²) in [6.45, 7) is 0.475. The zero-order chi connectivity index (χ0) is 15.2. The van der Waals surface area contributed by atoms with Crippen molar-refractivity contribution in [3.63, 3.8) is 0 Å². The molecule has 2 unspecified atom stereocenters. The highest BCUT2D eigenvalue weighted by molar-refractivity contribution is 6.35. The Balaban J connectivity index is 1.72. The van der Waals surface area contributed by atoms with Gasteiger partial charge in [-0.1, -0.05) is 18.6 Å². The lowest BCUT2D eigenvalue weighted by atomic mass is 10.1. The Bertz CT molecular complexity index is 504. The zero-order valence-corrected chi connectivity index (χ0v) is 11.6. The zero-order valence-electron chi connectivity index (χ0n) is 11.6. The molecule has 1 aromatic carbocycles. The fourth-order valence-corrected chi connectivity index (χ4v) is 2.42. The Kier molecular flexibility index (Phi) is 5.27. The number of hydrogen-bond donors (Lipinski definition) is 3. The van der Waals surface area contributed by atoms with E-state index in [0.29, 0.717) is 12.1 Å². The number of hydrogen-bond acceptors (Lipinski definition) is 3. The molecule has 0 aliphatic heterocycles. The molecule has 0 radical (unpaired) electrons. The number of halogens is 1. The second-order valence-corrected chi connectivity index (χ2v) is 5.28. The van der Waals surface area contributed by atoms with E-state index in [2.05, 4.69) is 10.6 Å². The SMILES string of the molecule is O=C(NCc1ccc(F)cc1)C(=O)NCC1CCCC1O. The Hall–Kier alpha value is -1.95. The van der Waals surface area contributed by atoms with E-state index in [1.165, 1.54) is 12.1 Å². The van der Waals surface area contributed by atoms with Crippen LogP contribution in [0.5, 0.6) is 0 Å². The van der Waals surface area contributed by atoms with Gasteiger partial charge in [0.15, 0.2) is 0 Å². The average molecular weight is 294 g/mol. The van der Waals surface area contributed by atoms with Crippen molar-refractivity contribution in [1.82, 2.24) is 10.6 Å². The van der Waals surface area contributed by atoms with E-state index in [1.807, 2.05) is 0 Å². The second kappa shape index (κ2) is 7.17. The molecular weight excluding hydrogens is 275 g/mol. The monoisotopic (exact) mass is 294 g/mol. The average Bonchev–Trinajstić information content (AvgIpc) is 2.89. The van der Waals surface area contributed by atoms with Gasteiger partial charge in [0.1, 0.15) is 5.82 Å². The molecule has 5 nitrogen and oxygen atoms in total. The summed E-state index contributed by atoms with van der Waals surface area (Å²) >= 11 is 0. The highest BCUT2D eigenvalue weighted by atomic mass is 19.1. The number of amides is 2. The Morgan fingerprint density at radius 2 is 1.81 bits per heavy atom. The number of rotatable bonds is 4. The minimum atomic E-state index is -0.730. The van der Waals surface area contributed by atoms with Gasteiger partial charge in [-0.15, -0.1) is 0 Å². The van der Waals surface area contributed by atoms with Crippen LogP contribution in [0.3, 0.4) is 0 Å². The summed E-state index contributed by atoms with van der Waals surface area (Å²) in [4.78, 5) is 23.2. The number of carbonyl (C=O) groups excluding carboxylic acids is 2. The predicted molar refractivity (Wildman–Crippen MR) is 74.6 cm³/mol. The van der Waals surface area contributed by atoms with E-state index >= 15 is 0 Å². The first kappa shape index (κ1) is 15.4. The van der Waals surface area contributed by atoms with Crippen LogP contribution in [0, 0.1) is 11.7 Å². The largest absolute Gasteiger partial charge is 0.393 e. The molecule has 0 bridgehead atoms. The molecule has 114 valence electrons. The van der Waals surface area contributed by atoms with Gasteiger partial charge in [0, 0.05) is 19.0 Å². The first-order valence-electron chi connectivity index (χ1n) is 7.05. The molecular formula is C15H19FN2O3. The van der Waals surface area contributed by atoms with Crippen molar-refractivity contribution in [2.75, 3.05) is 6.54 Å². The fraction of sp³-hybridized carbons (Fsp3) is 0.467. The van der Waals surface area contributed by atoms with Crippen molar-refractivity contribution in [2.24, 2.45) is 5.92 Å². The van der Waals surface area contributed by atoms with Gasteiger partial charge in [-0.05, 0) is 30.5 Å². The van der Waals surface area contributed by atoms with Crippen LogP contribution in [0.1, 0.15) is 24.8 Å². The van der Waals surface area contributed by atoms with Crippen molar-refractivity contribution < 1.29 is 19.1 Å². The first-order chi connectivity index (χ1) is 10.1. The normalized spacial score (nSPS) is 21.0. The molecule has 6 heteroatoms. The van der Waals surface area contributed by atoms with Crippen molar-refractivity contribution in [1.29, 1.82) is 0 Å². The maximum Gasteiger partial charge on any atom is 0.309 e. The number of nitrogens with one attached hydrogen (secondary N) is 2. The first-order valence-corrected chi connectivity index (χ1v) is 7.05. The minimum Gasteiger partial charge on any atom is -0.393 e. The molecule has 1 saturated carbocycles. The molecule has 1 aromatic rings. The van der Waals surface area contributed by atoms with Gasteiger partial charge in [-0.3, -0.25) is 9.59 Å². The summed E-state index contributed by atoms with van der Waals surface area (Å²) in [6.07, 6.45) is 2.15. The molecule has 0 aromatic heterocycles. The van der Waals surface area contributed by atoms with Gasteiger partial charge in [-0.2, -0.15) is 0 Å². The van der Waals surface area contributed by atoms with E-state index in [9.17, 15) is 19.1 Å². The lowest BCUT2D eigenvalue weighted by Crippen LogP contribution is -2.42. The summed E-state index contributed by atoms with van der Waals surface area (Å²) in [5.74, 6) is -1.76. The van der Waals surface area contributed by atoms with Crippen LogP contribution in [-0.4, -0.2) is 29.6 Å². The van der Waals surface area contributed by atoms with Crippen molar-refractivity contribution in [3.8, 4) is 0 Å². The predicted octanol–water partition coefficient (Wildman–Crippen LogP) is 0.719. The van der Waals surface area contributed by atoms with Gasteiger partial charge < -0.3 is 15.7 Å². The third-order valence-corrected chi connectivity index (χ3v) is 3.72. The van der Waals surface area contributed by atoms with Crippen LogP contribution in [0.4, 0.5) is 4.39 Å². The van der Waals surface area contributed by atoms with Crippen LogP contribution in [0.15, 0.2) is 24.3 Å². The highest BCUT2D eigenvalue weighted by Crippen LogP contribution is 2.24. The van der Waals surface area contributed by atoms with Crippen LogP contribution >= 0.6 is 0 Å². The molecule has 0 heterocycles. The standard InChI is InChI=1S/C15H19FN2O3/c16-12-6-4-10(5-7-12)8-17-14(20)15(21)18-9-11-2-1-3-13(11)19/h4-7,11,13,19H,1-3,8-9H2,(H,17,20)(H,18,21). The number of carbonyl (C=O) groups is 2. The quantitative estimate of drug-likeness (QED) is 0.716. The number of aliphatic hydroxyl groups is 1. The minimum absolute atomic E-state index is 0.0267. The molecule has 0 spiro atoms. The van der Waals surface area contributed by atoms with E-state index < -0.39 is 17.9 Å². The highest BCUT2D eigenvalue weighted by Gasteiger charge is 2.26. The Morgan fingerprint density at radius 3 is 2.43 bits per heavy atom. The topological polar surface area (TPSA) is 78.4 Å². The molecule has 0 saturated heterocycles. The van der Waals surface area contributed by atoms with Crippen molar-refractivity contribution in [2.45, 2.75) is 31.9 Å². The van der Waals surface area contributed by atoms with E-state index in [4.69, 9.17) is 0 Å². The lowest BCUT2D eigenvalue weighted by molar-refractivity contribution is -0.139. The molecule has 3 N–H and O–H groups in total. The van der Waals surface area contributed by atoms with Gasteiger partial charge >= 0.3 is 11.8 Å². The number of benzene rings is 1. The summed E-state index contributed by atoms with van der Waals surface area (Å²) in [6, 6.07) is 5.68. The fourth-order valence-electron chi connectivity index (χ4n) is 2.42. The Morgan fingerprint density at radius 1 is 1.14 bits per heavy atom. The van der Waals surface area contributed by atoms with E-state index in [0.717, 1.165) is 19.3 Å². The molecule has 1 aliphatic rings. The van der Waals surface area contributed by atoms with E-state index in [1.54, 1.807) is 12.1 Å². The second-order valence-electron chi connectivity index (χ2n) is 5.28. The molecule has 2 rings (SSSR count). The maximum atomic E-state index is 12.7. The molecule has 2 atom stereocenters. The molecule has 1 fully saturated rings. The van der Waals surface area contributed by atoms with Gasteiger partial charge in [-0.25, -0.2) is 4.39 Å². The van der Waals surface area contributed by atoms with Crippen LogP contribution < -0.4 is 10.6 Å². The summed E-state index contributed by atoms with van der Waals surface area (Å²) < 4.78 is 12.7. The van der Waals surface area contributed by atoms with Crippen LogP contribution in [-0.2, 0) is 16.1 Å². The summed E-state index contributed by atoms with van der Waals surface area (Å²) in [5, 5.41) is 14.6. The van der Waals surface area contributed by atoms with Crippen molar-refractivity contribution >= 4 is 11.8 Å². The van der Waals surface area contributed by atoms with Gasteiger partial charge in [0.25, 0.3) is 0 Å². The van der Waals surface area contributed by atoms with Gasteiger partial charge in [0.2, 0.25) is 0 Å². The third-order valence-electron chi connectivity index (χ3n) is 3.72.